The predicted molar refractivity (Wildman–Crippen MR) is 96.7 cm³/mol. The first-order valence-electron chi connectivity index (χ1n) is 8.26. The van der Waals surface area contributed by atoms with Crippen LogP contribution in [0.4, 0.5) is 0 Å². The molecule has 2 aromatic carbocycles. The molecule has 2 aromatic rings. The molecule has 0 fully saturated rings. The van der Waals surface area contributed by atoms with E-state index in [-0.39, 0.29) is 28.3 Å². The van der Waals surface area contributed by atoms with E-state index in [1.165, 1.54) is 20.3 Å². The van der Waals surface area contributed by atoms with E-state index in [1.54, 1.807) is 42.5 Å². The molecule has 0 radical (unpaired) electrons. The Morgan fingerprint density at radius 3 is 2.30 bits per heavy atom. The van der Waals surface area contributed by atoms with Crippen LogP contribution in [-0.2, 0) is 4.74 Å². The Bertz CT molecular complexity index is 1030. The molecule has 0 spiro atoms. The number of hydrogen-bond donors (Lipinski definition) is 1. The molecule has 1 aliphatic heterocycles. The first-order chi connectivity index (χ1) is 13.0. The van der Waals surface area contributed by atoms with Gasteiger partial charge in [-0.25, -0.2) is 0 Å². The highest BCUT2D eigenvalue weighted by molar-refractivity contribution is 6.28. The molecule has 136 valence electrons. The first kappa shape index (κ1) is 17.1. The van der Waals surface area contributed by atoms with E-state index in [4.69, 9.17) is 14.2 Å². The minimum absolute atomic E-state index is 0.0516. The van der Waals surface area contributed by atoms with Gasteiger partial charge in [-0.2, -0.15) is 0 Å². The van der Waals surface area contributed by atoms with E-state index < -0.39 is 12.1 Å². The molecule has 2 aliphatic rings. The second-order valence-electron chi connectivity index (χ2n) is 6.08. The SMILES string of the molecule is COc1ccc(OC)c(C2=CC3=C(C(=O)c4ccccc4C3=O)C(O)O2)c1. The number of fused-ring (bicyclic) bond motifs is 1. The molecule has 0 amide bonds. The summed E-state index contributed by atoms with van der Waals surface area (Å²) in [6, 6.07) is 11.6. The molecule has 1 atom stereocenters. The van der Waals surface area contributed by atoms with Crippen molar-refractivity contribution in [2.24, 2.45) is 0 Å². The highest BCUT2D eigenvalue weighted by atomic mass is 16.6. The van der Waals surface area contributed by atoms with Crippen LogP contribution in [0.25, 0.3) is 5.76 Å². The predicted octanol–water partition coefficient (Wildman–Crippen LogP) is 2.77. The van der Waals surface area contributed by atoms with Gasteiger partial charge >= 0.3 is 0 Å². The van der Waals surface area contributed by atoms with Crippen LogP contribution in [0.3, 0.4) is 0 Å². The Kier molecular flexibility index (Phi) is 4.05. The van der Waals surface area contributed by atoms with E-state index in [0.717, 1.165) is 0 Å². The van der Waals surface area contributed by atoms with E-state index in [1.807, 2.05) is 0 Å². The second kappa shape index (κ2) is 6.41. The Morgan fingerprint density at radius 1 is 0.926 bits per heavy atom. The molecule has 1 N–H and O–H groups in total. The van der Waals surface area contributed by atoms with Gasteiger partial charge in [-0.1, -0.05) is 24.3 Å². The third-order valence-electron chi connectivity index (χ3n) is 4.63. The Balaban J connectivity index is 1.88. The standard InChI is InChI=1S/C21H16O6/c1-25-11-7-8-16(26-2)14(9-11)17-10-15-18(21(24)27-17)20(23)13-6-4-3-5-12(13)19(15)22/h3-10,21,24H,1-2H3. The maximum Gasteiger partial charge on any atom is 0.228 e. The number of allylic oxidation sites excluding steroid dienone is 2. The number of hydrogen-bond acceptors (Lipinski definition) is 6. The zero-order chi connectivity index (χ0) is 19.1. The van der Waals surface area contributed by atoms with Gasteiger partial charge < -0.3 is 19.3 Å². The number of benzene rings is 2. The molecular weight excluding hydrogens is 348 g/mol. The van der Waals surface area contributed by atoms with Crippen molar-refractivity contribution in [3.05, 3.63) is 76.4 Å². The monoisotopic (exact) mass is 364 g/mol. The number of methoxy groups -OCH3 is 2. The molecule has 6 heteroatoms. The average molecular weight is 364 g/mol. The number of ether oxygens (including phenoxy) is 3. The van der Waals surface area contributed by atoms with Crippen molar-refractivity contribution >= 4 is 17.3 Å². The van der Waals surface area contributed by atoms with Crippen LogP contribution in [0.1, 0.15) is 26.3 Å². The molecule has 1 heterocycles. The molecule has 27 heavy (non-hydrogen) atoms. The van der Waals surface area contributed by atoms with Crippen LogP contribution in [0, 0.1) is 0 Å². The molecule has 0 aromatic heterocycles. The van der Waals surface area contributed by atoms with Crippen molar-refractivity contribution in [3.8, 4) is 11.5 Å². The maximum absolute atomic E-state index is 12.9. The van der Waals surface area contributed by atoms with Crippen LogP contribution in [0.15, 0.2) is 59.7 Å². The fourth-order valence-corrected chi connectivity index (χ4v) is 3.29. The van der Waals surface area contributed by atoms with Gasteiger partial charge in [-0.05, 0) is 24.3 Å². The lowest BCUT2D eigenvalue weighted by Crippen LogP contribution is -2.32. The molecular formula is C21H16O6. The lowest BCUT2D eigenvalue weighted by molar-refractivity contribution is -0.0107. The number of ketones is 2. The van der Waals surface area contributed by atoms with Crippen molar-refractivity contribution < 1.29 is 28.9 Å². The summed E-state index contributed by atoms with van der Waals surface area (Å²) >= 11 is 0. The number of carbonyl (C=O) groups is 2. The van der Waals surface area contributed by atoms with Crippen LogP contribution in [-0.4, -0.2) is 37.2 Å². The van der Waals surface area contributed by atoms with Gasteiger partial charge in [0.1, 0.15) is 17.3 Å². The zero-order valence-corrected chi connectivity index (χ0v) is 14.7. The Hall–Kier alpha value is -3.38. The van der Waals surface area contributed by atoms with Crippen LogP contribution in [0.5, 0.6) is 11.5 Å². The van der Waals surface area contributed by atoms with Crippen molar-refractivity contribution in [1.29, 1.82) is 0 Å². The summed E-state index contributed by atoms with van der Waals surface area (Å²) in [6.07, 6.45) is -0.0871. The Labute approximate surface area is 155 Å². The fraction of sp³-hybridized carbons (Fsp3) is 0.143. The molecule has 4 rings (SSSR count). The molecule has 0 bridgehead atoms. The molecule has 1 aliphatic carbocycles. The van der Waals surface area contributed by atoms with Crippen molar-refractivity contribution in [3.63, 3.8) is 0 Å². The van der Waals surface area contributed by atoms with E-state index in [2.05, 4.69) is 0 Å². The lowest BCUT2D eigenvalue weighted by atomic mass is 9.82. The van der Waals surface area contributed by atoms with Gasteiger partial charge in [0.2, 0.25) is 6.29 Å². The largest absolute Gasteiger partial charge is 0.497 e. The second-order valence-corrected chi connectivity index (χ2v) is 6.08. The van der Waals surface area contributed by atoms with Crippen molar-refractivity contribution in [1.82, 2.24) is 0 Å². The zero-order valence-electron chi connectivity index (χ0n) is 14.7. The molecule has 1 unspecified atom stereocenters. The lowest BCUT2D eigenvalue weighted by Gasteiger charge is -2.28. The smallest absolute Gasteiger partial charge is 0.228 e. The summed E-state index contributed by atoms with van der Waals surface area (Å²) in [4.78, 5) is 25.7. The fourth-order valence-electron chi connectivity index (χ4n) is 3.29. The quantitative estimate of drug-likeness (QED) is 0.902. The van der Waals surface area contributed by atoms with Crippen molar-refractivity contribution in [2.45, 2.75) is 6.29 Å². The van der Waals surface area contributed by atoms with Crippen LogP contribution < -0.4 is 9.47 Å². The third kappa shape index (κ3) is 2.62. The van der Waals surface area contributed by atoms with E-state index >= 15 is 0 Å². The number of Topliss-reactive ketones (excluding diaryl/α,β-unsaturated/α-hetero) is 2. The summed E-state index contributed by atoms with van der Waals surface area (Å²) in [7, 11) is 3.03. The molecule has 0 saturated carbocycles. The highest BCUT2D eigenvalue weighted by Gasteiger charge is 2.39. The topological polar surface area (TPSA) is 82.1 Å². The number of aliphatic hydroxyl groups excluding tert-OH is 1. The van der Waals surface area contributed by atoms with Gasteiger partial charge in [0.15, 0.2) is 11.6 Å². The molecule has 0 saturated heterocycles. The summed E-state index contributed by atoms with van der Waals surface area (Å²) in [5, 5.41) is 10.5. The van der Waals surface area contributed by atoms with Crippen LogP contribution >= 0.6 is 0 Å². The molecule has 6 nitrogen and oxygen atoms in total. The summed E-state index contributed by atoms with van der Waals surface area (Å²) in [5.41, 5.74) is 1.14. The average Bonchev–Trinajstić information content (AvgIpc) is 2.71. The van der Waals surface area contributed by atoms with E-state index in [9.17, 15) is 14.7 Å². The van der Waals surface area contributed by atoms with Gasteiger partial charge in [0.05, 0.1) is 25.4 Å². The number of rotatable bonds is 3. The highest BCUT2D eigenvalue weighted by Crippen LogP contribution is 2.39. The summed E-state index contributed by atoms with van der Waals surface area (Å²) in [6.45, 7) is 0. The maximum atomic E-state index is 12.9. The van der Waals surface area contributed by atoms with Gasteiger partial charge in [-0.15, -0.1) is 0 Å². The summed E-state index contributed by atoms with van der Waals surface area (Å²) < 4.78 is 16.1. The first-order valence-corrected chi connectivity index (χ1v) is 8.26. The van der Waals surface area contributed by atoms with Gasteiger partial charge in [-0.3, -0.25) is 9.59 Å². The minimum atomic E-state index is -1.55. The number of carbonyl (C=O) groups excluding carboxylic acids is 2. The van der Waals surface area contributed by atoms with Crippen LogP contribution in [0.2, 0.25) is 0 Å². The number of aliphatic hydroxyl groups is 1. The Morgan fingerprint density at radius 2 is 1.63 bits per heavy atom. The summed E-state index contributed by atoms with van der Waals surface area (Å²) in [5.74, 6) is 0.509. The van der Waals surface area contributed by atoms with Gasteiger partial charge in [0, 0.05) is 16.7 Å². The minimum Gasteiger partial charge on any atom is -0.497 e. The van der Waals surface area contributed by atoms with Gasteiger partial charge in [0.25, 0.3) is 0 Å². The third-order valence-corrected chi connectivity index (χ3v) is 4.63. The normalized spacial score (nSPS) is 18.3. The van der Waals surface area contributed by atoms with Crippen molar-refractivity contribution in [2.75, 3.05) is 14.2 Å². The van der Waals surface area contributed by atoms with E-state index in [0.29, 0.717) is 22.6 Å².